The molecule has 1 atom stereocenters. The van der Waals surface area contributed by atoms with E-state index >= 15 is 0 Å². The van der Waals surface area contributed by atoms with E-state index in [1.807, 2.05) is 60.7 Å². The van der Waals surface area contributed by atoms with Crippen LogP contribution in [0.2, 0.25) is 0 Å². The van der Waals surface area contributed by atoms with Gasteiger partial charge < -0.3 is 47.9 Å². The van der Waals surface area contributed by atoms with Crippen molar-refractivity contribution in [2.75, 3.05) is 55.9 Å². The molecule has 1 N–H and O–H groups in total. The van der Waals surface area contributed by atoms with Gasteiger partial charge in [-0.3, -0.25) is 9.97 Å². The highest BCUT2D eigenvalue weighted by molar-refractivity contribution is 9.39. The quantitative estimate of drug-likeness (QED) is 0.0472. The van der Waals surface area contributed by atoms with Crippen molar-refractivity contribution in [2.45, 2.75) is 12.5 Å². The number of ether oxygens (including phenoxy) is 8. The van der Waals surface area contributed by atoms with Gasteiger partial charge in [0.1, 0.15) is 17.8 Å². The molecule has 0 spiro atoms. The predicted molar refractivity (Wildman–Crippen MR) is 243 cm³/mol. The van der Waals surface area contributed by atoms with Crippen molar-refractivity contribution in [2.24, 2.45) is 10.3 Å². The highest BCUT2D eigenvalue weighted by Crippen LogP contribution is 2.43. The van der Waals surface area contributed by atoms with Gasteiger partial charge in [0.05, 0.1) is 75.9 Å². The van der Waals surface area contributed by atoms with Crippen LogP contribution >= 0.6 is 47.8 Å². The van der Waals surface area contributed by atoms with Crippen LogP contribution in [0.4, 0.5) is 0 Å². The minimum absolute atomic E-state index is 0.169. The molecule has 0 aliphatic carbocycles. The maximum absolute atomic E-state index is 7.64. The lowest BCUT2D eigenvalue weighted by Gasteiger charge is -2.15. The summed E-state index contributed by atoms with van der Waals surface area (Å²) >= 11 is 8.92. The van der Waals surface area contributed by atoms with Gasteiger partial charge in [0.25, 0.3) is 0 Å². The summed E-state index contributed by atoms with van der Waals surface area (Å²) in [6.07, 6.45) is 5.63. The van der Waals surface area contributed by atoms with E-state index in [0.717, 1.165) is 37.6 Å². The zero-order valence-corrected chi connectivity index (χ0v) is 38.6. The van der Waals surface area contributed by atoms with Crippen LogP contribution in [0.5, 0.6) is 46.3 Å². The number of halogens is 3. The van der Waals surface area contributed by atoms with Crippen LogP contribution in [-0.4, -0.2) is 95.3 Å². The second kappa shape index (κ2) is 22.6. The molecule has 1 unspecified atom stereocenters. The molecule has 7 rings (SSSR count). The number of aromatic nitrogens is 4. The Hall–Kier alpha value is -5.92. The number of nitrogens with zero attached hydrogens (tertiary/aromatic N) is 6. The van der Waals surface area contributed by atoms with Crippen LogP contribution < -0.4 is 37.9 Å². The van der Waals surface area contributed by atoms with E-state index < -0.39 is 0 Å². The fourth-order valence-electron chi connectivity index (χ4n) is 5.86. The zero-order chi connectivity index (χ0) is 43.9. The van der Waals surface area contributed by atoms with E-state index in [1.165, 1.54) is 0 Å². The average molecular weight is 1030 g/mol. The maximum atomic E-state index is 7.64. The van der Waals surface area contributed by atoms with Crippen molar-refractivity contribution in [3.8, 4) is 68.8 Å². The van der Waals surface area contributed by atoms with Gasteiger partial charge in [-0.1, -0.05) is 23.0 Å². The lowest BCUT2D eigenvalue weighted by Crippen LogP contribution is -2.18. The second-order valence-corrected chi connectivity index (χ2v) is 15.7. The Morgan fingerprint density at radius 1 is 0.738 bits per heavy atom. The molecule has 61 heavy (non-hydrogen) atoms. The van der Waals surface area contributed by atoms with E-state index in [-0.39, 0.29) is 6.10 Å². The summed E-state index contributed by atoms with van der Waals surface area (Å²) in [4.78, 5) is 23.6. The van der Waals surface area contributed by atoms with Gasteiger partial charge in [-0.05, 0) is 108 Å². The summed E-state index contributed by atoms with van der Waals surface area (Å²) in [5.41, 5.74) is 4.48. The molecule has 0 bridgehead atoms. The normalized spacial score (nSPS) is 12.6. The molecule has 6 aromatic rings. The molecule has 16 nitrogen and oxygen atoms in total. The third kappa shape index (κ3) is 11.7. The maximum Gasteiger partial charge on any atom is 0.223 e. The average Bonchev–Trinajstić information content (AvgIpc) is 3.73. The first-order valence-corrected chi connectivity index (χ1v) is 20.4. The zero-order valence-electron chi connectivity index (χ0n) is 33.8. The van der Waals surface area contributed by atoms with E-state index in [4.69, 9.17) is 52.9 Å². The number of methoxy groups -OCH3 is 6. The standard InChI is InChI=1S/C21H20BrN3O5.C20H20N2O4.CHBr2NO/c1-26-17-7-12(8-18(27-2)20(17)28-3)15-10-16-14(5-4-6-23-16)21(24-15)29-11-13-9-19(22)25-30-13;1-5-9-26-20-14-7-6-8-21-16(14)12-15(22-20)13-10-17(23-2)19(25-4)18(11-13)24-3;2-1(3)4-5/h4-8,10,13H,9,11H2,1-3H3;5-8,10-12H,1,9H2,2-4H3;5H. The largest absolute Gasteiger partial charge is 0.493 e. The molecule has 0 fully saturated rings. The molecule has 0 saturated carbocycles. The molecule has 0 amide bonds. The first-order chi connectivity index (χ1) is 29.6. The highest BCUT2D eigenvalue weighted by atomic mass is 79.9. The van der Waals surface area contributed by atoms with Crippen LogP contribution in [0.3, 0.4) is 0 Å². The topological polar surface area (TPSA) is 180 Å². The fraction of sp³-hybridized carbons (Fsp3) is 0.238. The van der Waals surface area contributed by atoms with E-state index in [9.17, 15) is 0 Å². The molecule has 320 valence electrons. The number of hydrogen-bond donors (Lipinski definition) is 1. The number of oxime groups is 2. The molecule has 4 aromatic heterocycles. The van der Waals surface area contributed by atoms with Crippen LogP contribution in [0.1, 0.15) is 6.42 Å². The van der Waals surface area contributed by atoms with Gasteiger partial charge in [-0.25, -0.2) is 9.97 Å². The number of pyridine rings is 4. The van der Waals surface area contributed by atoms with Crippen molar-refractivity contribution in [1.82, 2.24) is 19.9 Å². The molecular formula is C42H41Br3N6O10. The van der Waals surface area contributed by atoms with Gasteiger partial charge in [0, 0.05) is 29.9 Å². The minimum Gasteiger partial charge on any atom is -0.493 e. The Morgan fingerprint density at radius 3 is 1.54 bits per heavy atom. The van der Waals surface area contributed by atoms with Crippen LogP contribution in [-0.2, 0) is 4.84 Å². The van der Waals surface area contributed by atoms with Crippen LogP contribution in [0.25, 0.3) is 44.3 Å². The first kappa shape index (κ1) is 46.2. The summed E-state index contributed by atoms with van der Waals surface area (Å²) in [6, 6.07) is 18.7. The lowest BCUT2D eigenvalue weighted by molar-refractivity contribution is 0.0463. The third-order valence-corrected chi connectivity index (χ3v) is 9.35. The van der Waals surface area contributed by atoms with Gasteiger partial charge in [0.2, 0.25) is 23.3 Å². The monoisotopic (exact) mass is 1030 g/mol. The van der Waals surface area contributed by atoms with Crippen LogP contribution in [0, 0.1) is 0 Å². The molecule has 5 heterocycles. The minimum atomic E-state index is -0.169. The smallest absolute Gasteiger partial charge is 0.223 e. The van der Waals surface area contributed by atoms with Crippen molar-refractivity contribution < 1.29 is 47.9 Å². The predicted octanol–water partition coefficient (Wildman–Crippen LogP) is 9.61. The Balaban J connectivity index is 0.000000210. The van der Waals surface area contributed by atoms with Gasteiger partial charge >= 0.3 is 0 Å². The van der Waals surface area contributed by atoms with Crippen molar-refractivity contribution >= 4 is 77.7 Å². The van der Waals surface area contributed by atoms with Crippen LogP contribution in [0.15, 0.2) is 96.0 Å². The summed E-state index contributed by atoms with van der Waals surface area (Å²) < 4.78 is 45.4. The molecule has 19 heteroatoms. The summed E-state index contributed by atoms with van der Waals surface area (Å²) in [5.74, 6) is 4.20. The Kier molecular flexibility index (Phi) is 17.1. The Labute approximate surface area is 376 Å². The summed E-state index contributed by atoms with van der Waals surface area (Å²) in [7, 11) is 9.44. The van der Waals surface area contributed by atoms with Crippen molar-refractivity contribution in [3.05, 3.63) is 85.7 Å². The molecule has 0 saturated heterocycles. The molecule has 1 aliphatic rings. The van der Waals surface area contributed by atoms with Gasteiger partial charge in [-0.15, -0.1) is 0 Å². The number of fused-ring (bicyclic) bond motifs is 2. The Morgan fingerprint density at radius 2 is 1.18 bits per heavy atom. The summed E-state index contributed by atoms with van der Waals surface area (Å²) in [5, 5.41) is 15.8. The van der Waals surface area contributed by atoms with Gasteiger partial charge in [-0.2, -0.15) is 0 Å². The van der Waals surface area contributed by atoms with Gasteiger partial charge in [0.15, 0.2) is 32.6 Å². The van der Waals surface area contributed by atoms with Crippen molar-refractivity contribution in [3.63, 3.8) is 0 Å². The first-order valence-electron chi connectivity index (χ1n) is 18.0. The van der Waals surface area contributed by atoms with E-state index in [1.54, 1.807) is 61.1 Å². The lowest BCUT2D eigenvalue weighted by atomic mass is 10.1. The number of benzene rings is 2. The number of hydrogen-bond acceptors (Lipinski definition) is 16. The third-order valence-electron chi connectivity index (χ3n) is 8.57. The highest BCUT2D eigenvalue weighted by Gasteiger charge is 2.22. The van der Waals surface area contributed by atoms with Crippen molar-refractivity contribution in [1.29, 1.82) is 0 Å². The SMILES string of the molecule is C=CCOc1nc(-c2cc(OC)c(OC)c(OC)c2)cc2ncccc12.COc1cc(-c2cc3ncccc3c(OCC3CC(Br)=NO3)n2)cc(OC)c1OC.ON=C(Br)Br. The van der Waals surface area contributed by atoms with E-state index in [2.05, 4.69) is 79.6 Å². The molecular weight excluding hydrogens is 988 g/mol. The molecule has 1 aliphatic heterocycles. The Bertz CT molecular complexity index is 2470. The molecule has 0 radical (unpaired) electrons. The second-order valence-electron chi connectivity index (χ2n) is 12.2. The fourth-order valence-corrected chi connectivity index (χ4v) is 6.30. The molecule has 2 aromatic carbocycles. The summed E-state index contributed by atoms with van der Waals surface area (Å²) in [6.45, 7) is 4.36. The van der Waals surface area contributed by atoms with E-state index in [0.29, 0.717) is 80.8 Å². The number of rotatable bonds is 14.